The molecule has 0 aliphatic heterocycles. The third-order valence-electron chi connectivity index (χ3n) is 3.26. The summed E-state index contributed by atoms with van der Waals surface area (Å²) in [5, 5.41) is 4.51. The molecule has 0 fully saturated rings. The second-order valence-corrected chi connectivity index (χ2v) is 4.99. The minimum Gasteiger partial charge on any atom is -0.241 e. The fraction of sp³-hybridized carbons (Fsp3) is 0.176. The number of hydrogen-bond acceptors (Lipinski definition) is 2. The summed E-state index contributed by atoms with van der Waals surface area (Å²) < 4.78 is 1.97. The van der Waals surface area contributed by atoms with Crippen LogP contribution in [0.2, 0.25) is 0 Å². The van der Waals surface area contributed by atoms with Gasteiger partial charge >= 0.3 is 0 Å². The van der Waals surface area contributed by atoms with Crippen LogP contribution in [0.3, 0.4) is 0 Å². The van der Waals surface area contributed by atoms with Crippen molar-refractivity contribution in [3.8, 4) is 11.4 Å². The largest absolute Gasteiger partial charge is 0.241 e. The molecule has 2 aromatic carbocycles. The van der Waals surface area contributed by atoms with Crippen molar-refractivity contribution >= 4 is 0 Å². The number of hydrogen-bond donors (Lipinski definition) is 0. The second kappa shape index (κ2) is 5.29. The van der Waals surface area contributed by atoms with Gasteiger partial charge in [0.05, 0.1) is 6.54 Å². The Kier molecular flexibility index (Phi) is 3.33. The summed E-state index contributed by atoms with van der Waals surface area (Å²) in [5.74, 6) is 1.72. The van der Waals surface area contributed by atoms with Gasteiger partial charge in [0.15, 0.2) is 5.82 Å². The number of rotatable bonds is 3. The highest BCUT2D eigenvalue weighted by Crippen LogP contribution is 2.18. The highest BCUT2D eigenvalue weighted by molar-refractivity contribution is 5.55. The van der Waals surface area contributed by atoms with E-state index in [2.05, 4.69) is 53.4 Å². The minimum atomic E-state index is 0.741. The third-order valence-corrected chi connectivity index (χ3v) is 3.26. The summed E-state index contributed by atoms with van der Waals surface area (Å²) in [7, 11) is 0. The summed E-state index contributed by atoms with van der Waals surface area (Å²) in [6, 6.07) is 18.7. The average molecular weight is 263 g/mol. The number of benzene rings is 2. The predicted octanol–water partition coefficient (Wildman–Crippen LogP) is 3.61. The van der Waals surface area contributed by atoms with Crippen molar-refractivity contribution in [3.05, 3.63) is 71.5 Å². The Labute approximate surface area is 118 Å². The van der Waals surface area contributed by atoms with Crippen LogP contribution in [0.15, 0.2) is 54.6 Å². The van der Waals surface area contributed by atoms with Crippen LogP contribution < -0.4 is 0 Å². The molecule has 0 atom stereocenters. The van der Waals surface area contributed by atoms with E-state index in [-0.39, 0.29) is 0 Å². The van der Waals surface area contributed by atoms with E-state index in [0.717, 1.165) is 23.8 Å². The molecular formula is C17H17N3. The summed E-state index contributed by atoms with van der Waals surface area (Å²) in [4.78, 5) is 4.55. The van der Waals surface area contributed by atoms with E-state index in [1.54, 1.807) is 0 Å². The van der Waals surface area contributed by atoms with Crippen molar-refractivity contribution in [2.45, 2.75) is 20.4 Å². The molecule has 3 nitrogen and oxygen atoms in total. The average Bonchev–Trinajstić information content (AvgIpc) is 2.83. The first-order chi connectivity index (χ1) is 9.72. The maximum Gasteiger partial charge on any atom is 0.158 e. The lowest BCUT2D eigenvalue weighted by atomic mass is 10.1. The molecule has 0 saturated heterocycles. The van der Waals surface area contributed by atoms with Crippen molar-refractivity contribution in [1.29, 1.82) is 0 Å². The van der Waals surface area contributed by atoms with Gasteiger partial charge in [0.2, 0.25) is 0 Å². The highest BCUT2D eigenvalue weighted by atomic mass is 15.3. The van der Waals surface area contributed by atoms with Crippen molar-refractivity contribution in [2.75, 3.05) is 0 Å². The van der Waals surface area contributed by atoms with Crippen LogP contribution in [0, 0.1) is 13.8 Å². The van der Waals surface area contributed by atoms with Gasteiger partial charge in [-0.2, -0.15) is 5.10 Å². The molecule has 0 N–H and O–H groups in total. The van der Waals surface area contributed by atoms with Gasteiger partial charge in [-0.3, -0.25) is 0 Å². The van der Waals surface area contributed by atoms with E-state index in [4.69, 9.17) is 0 Å². The second-order valence-electron chi connectivity index (χ2n) is 4.99. The van der Waals surface area contributed by atoms with Gasteiger partial charge < -0.3 is 0 Å². The molecule has 3 aromatic rings. The maximum absolute atomic E-state index is 4.55. The van der Waals surface area contributed by atoms with E-state index >= 15 is 0 Å². The van der Waals surface area contributed by atoms with Gasteiger partial charge in [0.1, 0.15) is 5.82 Å². The predicted molar refractivity (Wildman–Crippen MR) is 80.5 cm³/mol. The van der Waals surface area contributed by atoms with Gasteiger partial charge in [-0.15, -0.1) is 0 Å². The van der Waals surface area contributed by atoms with Gasteiger partial charge in [-0.25, -0.2) is 9.67 Å². The van der Waals surface area contributed by atoms with E-state index in [1.807, 2.05) is 29.8 Å². The number of aryl methyl sites for hydroxylation is 2. The molecule has 0 spiro atoms. The molecule has 0 radical (unpaired) electrons. The van der Waals surface area contributed by atoms with Crippen LogP contribution in [-0.4, -0.2) is 14.8 Å². The lowest BCUT2D eigenvalue weighted by Gasteiger charge is -2.06. The summed E-state index contributed by atoms with van der Waals surface area (Å²) in [5.41, 5.74) is 3.60. The quantitative estimate of drug-likeness (QED) is 0.722. The Balaban J connectivity index is 1.96. The first kappa shape index (κ1) is 12.6. The van der Waals surface area contributed by atoms with Crippen LogP contribution in [-0.2, 0) is 6.54 Å². The van der Waals surface area contributed by atoms with Crippen molar-refractivity contribution in [1.82, 2.24) is 14.8 Å². The normalized spacial score (nSPS) is 10.7. The first-order valence-electron chi connectivity index (χ1n) is 6.75. The molecule has 0 amide bonds. The fourth-order valence-corrected chi connectivity index (χ4v) is 2.23. The van der Waals surface area contributed by atoms with Crippen LogP contribution in [0.25, 0.3) is 11.4 Å². The highest BCUT2D eigenvalue weighted by Gasteiger charge is 2.09. The Morgan fingerprint density at radius 1 is 0.900 bits per heavy atom. The standard InChI is InChI=1S/C17H17N3/c1-13-8-10-15(11-9-13)12-20-17(18-14(2)19-20)16-6-4-3-5-7-16/h3-11H,12H2,1-2H3. The Bertz CT molecular complexity index is 697. The molecule has 1 aromatic heterocycles. The molecule has 1 heterocycles. The van der Waals surface area contributed by atoms with Gasteiger partial charge in [0, 0.05) is 5.56 Å². The molecule has 20 heavy (non-hydrogen) atoms. The monoisotopic (exact) mass is 263 g/mol. The first-order valence-corrected chi connectivity index (χ1v) is 6.75. The number of aromatic nitrogens is 3. The summed E-state index contributed by atoms with van der Waals surface area (Å²) in [6.07, 6.45) is 0. The number of nitrogens with zero attached hydrogens (tertiary/aromatic N) is 3. The molecule has 0 aliphatic carbocycles. The summed E-state index contributed by atoms with van der Waals surface area (Å²) in [6.45, 7) is 4.77. The van der Waals surface area contributed by atoms with Crippen molar-refractivity contribution in [2.24, 2.45) is 0 Å². The lowest BCUT2D eigenvalue weighted by molar-refractivity contribution is 0.686. The lowest BCUT2D eigenvalue weighted by Crippen LogP contribution is -2.04. The van der Waals surface area contributed by atoms with Crippen LogP contribution in [0.4, 0.5) is 0 Å². The minimum absolute atomic E-state index is 0.741. The Hall–Kier alpha value is -2.42. The third kappa shape index (κ3) is 2.62. The fourth-order valence-electron chi connectivity index (χ4n) is 2.23. The van der Waals surface area contributed by atoms with Gasteiger partial charge in [-0.05, 0) is 19.4 Å². The zero-order valence-electron chi connectivity index (χ0n) is 11.7. The zero-order chi connectivity index (χ0) is 13.9. The Morgan fingerprint density at radius 2 is 1.60 bits per heavy atom. The van der Waals surface area contributed by atoms with Crippen molar-refractivity contribution < 1.29 is 0 Å². The maximum atomic E-state index is 4.55. The molecule has 0 unspecified atom stereocenters. The molecule has 0 aliphatic rings. The van der Waals surface area contributed by atoms with Gasteiger partial charge in [-0.1, -0.05) is 60.2 Å². The molecular weight excluding hydrogens is 246 g/mol. The Morgan fingerprint density at radius 3 is 2.30 bits per heavy atom. The topological polar surface area (TPSA) is 30.7 Å². The molecule has 100 valence electrons. The smallest absolute Gasteiger partial charge is 0.158 e. The SMILES string of the molecule is Cc1ccc(Cn2nc(C)nc2-c2ccccc2)cc1. The molecule has 3 heteroatoms. The molecule has 0 bridgehead atoms. The van der Waals surface area contributed by atoms with Crippen LogP contribution in [0.5, 0.6) is 0 Å². The van der Waals surface area contributed by atoms with Gasteiger partial charge in [0.25, 0.3) is 0 Å². The molecule has 3 rings (SSSR count). The molecule has 0 saturated carbocycles. The van der Waals surface area contributed by atoms with Crippen LogP contribution >= 0.6 is 0 Å². The summed E-state index contributed by atoms with van der Waals surface area (Å²) >= 11 is 0. The van der Waals surface area contributed by atoms with Crippen molar-refractivity contribution in [3.63, 3.8) is 0 Å². The zero-order valence-corrected chi connectivity index (χ0v) is 11.7. The van der Waals surface area contributed by atoms with E-state index in [9.17, 15) is 0 Å². The van der Waals surface area contributed by atoms with Crippen LogP contribution in [0.1, 0.15) is 17.0 Å². The van der Waals surface area contributed by atoms with E-state index in [1.165, 1.54) is 11.1 Å². The van der Waals surface area contributed by atoms with E-state index in [0.29, 0.717) is 0 Å². The van der Waals surface area contributed by atoms with E-state index < -0.39 is 0 Å².